The predicted molar refractivity (Wildman–Crippen MR) is 133 cm³/mol. The molecule has 2 heterocycles. The van der Waals surface area contributed by atoms with Gasteiger partial charge in [0.2, 0.25) is 0 Å². The van der Waals surface area contributed by atoms with Gasteiger partial charge in [-0.05, 0) is 46.9 Å². The third-order valence-corrected chi connectivity index (χ3v) is 6.17. The van der Waals surface area contributed by atoms with E-state index in [1.165, 1.54) is 10.1 Å². The summed E-state index contributed by atoms with van der Waals surface area (Å²) in [4.78, 5) is 11.6. The van der Waals surface area contributed by atoms with Gasteiger partial charge in [0.1, 0.15) is 6.61 Å². The molecule has 6 heteroatoms. The van der Waals surface area contributed by atoms with Gasteiger partial charge in [0, 0.05) is 18.1 Å². The van der Waals surface area contributed by atoms with E-state index in [9.17, 15) is 9.90 Å². The van der Waals surface area contributed by atoms with Crippen LogP contribution in [-0.2, 0) is 13.0 Å². The Morgan fingerprint density at radius 1 is 1.12 bits per heavy atom. The highest BCUT2D eigenvalue weighted by atomic mass is 16.5. The normalized spacial score (nSPS) is 15.4. The van der Waals surface area contributed by atoms with Gasteiger partial charge < -0.3 is 19.9 Å². The van der Waals surface area contributed by atoms with E-state index in [0.29, 0.717) is 17.9 Å². The highest BCUT2D eigenvalue weighted by Crippen LogP contribution is 2.36. The van der Waals surface area contributed by atoms with Crippen molar-refractivity contribution in [3.05, 3.63) is 101 Å². The molecule has 1 unspecified atom stereocenters. The molecule has 34 heavy (non-hydrogen) atoms. The van der Waals surface area contributed by atoms with Gasteiger partial charge in [-0.15, -0.1) is 0 Å². The number of ether oxygens (including phenoxy) is 2. The number of para-hydroxylation sites is 1. The molecular formula is C28H26N2O4. The van der Waals surface area contributed by atoms with E-state index in [1.807, 2.05) is 66.7 Å². The first-order valence-electron chi connectivity index (χ1n) is 11.3. The molecular weight excluding hydrogens is 428 g/mol. The third-order valence-electron chi connectivity index (χ3n) is 6.17. The van der Waals surface area contributed by atoms with E-state index in [4.69, 9.17) is 9.47 Å². The number of nitrogens with zero attached hydrogens (tertiary/aromatic N) is 1. The Balaban J connectivity index is 1.44. The Kier molecular flexibility index (Phi) is 6.06. The number of hydrogen-bond donors (Lipinski definition) is 2. The maximum Gasteiger partial charge on any atom is 0.416 e. The second kappa shape index (κ2) is 9.45. The Bertz CT molecular complexity index is 1360. The van der Waals surface area contributed by atoms with Crippen LogP contribution in [0.5, 0.6) is 11.5 Å². The lowest BCUT2D eigenvalue weighted by molar-refractivity contribution is 0.197. The third kappa shape index (κ3) is 4.28. The minimum absolute atomic E-state index is 0.0238. The maximum atomic E-state index is 11.6. The molecule has 0 spiro atoms. The summed E-state index contributed by atoms with van der Waals surface area (Å²) in [5.41, 5.74) is 4.99. The number of carboxylic acid groups (broad SMARTS) is 1. The molecule has 0 saturated carbocycles. The number of aromatic nitrogens is 1. The van der Waals surface area contributed by atoms with Crippen molar-refractivity contribution in [2.45, 2.75) is 19.1 Å². The van der Waals surface area contributed by atoms with Crippen LogP contribution in [0.15, 0.2) is 79.0 Å². The summed E-state index contributed by atoms with van der Waals surface area (Å²) in [5, 5.41) is 14.0. The quantitative estimate of drug-likeness (QED) is 0.394. The predicted octanol–water partition coefficient (Wildman–Crippen LogP) is 5.66. The zero-order chi connectivity index (χ0) is 23.5. The molecule has 0 fully saturated rings. The SMILES string of the molecule is COc1cc2c(cc1OCc1ccccc1)CCNC2C=Cc1cccc2ccn(C(=O)O)c12. The maximum absolute atomic E-state index is 11.6. The van der Waals surface area contributed by atoms with Crippen molar-refractivity contribution in [2.75, 3.05) is 13.7 Å². The first kappa shape index (κ1) is 21.8. The summed E-state index contributed by atoms with van der Waals surface area (Å²) in [6.07, 6.45) is 5.55. The van der Waals surface area contributed by atoms with Crippen LogP contribution in [0.1, 0.15) is 28.3 Å². The van der Waals surface area contributed by atoms with E-state index in [2.05, 4.69) is 17.5 Å². The van der Waals surface area contributed by atoms with Crippen LogP contribution in [0.3, 0.4) is 0 Å². The molecule has 0 radical (unpaired) electrons. The van der Waals surface area contributed by atoms with Gasteiger partial charge in [0.25, 0.3) is 0 Å². The number of nitrogens with one attached hydrogen (secondary N) is 1. The summed E-state index contributed by atoms with van der Waals surface area (Å²) in [7, 11) is 1.65. The van der Waals surface area contributed by atoms with Gasteiger partial charge in [-0.2, -0.15) is 0 Å². The fourth-order valence-corrected chi connectivity index (χ4v) is 4.49. The number of rotatable bonds is 6. The number of carbonyl (C=O) groups is 1. The van der Waals surface area contributed by atoms with E-state index >= 15 is 0 Å². The number of hydrogen-bond acceptors (Lipinski definition) is 4. The Labute approximate surface area is 198 Å². The van der Waals surface area contributed by atoms with Crippen molar-refractivity contribution in [3.8, 4) is 11.5 Å². The average Bonchev–Trinajstić information content (AvgIpc) is 3.31. The first-order chi connectivity index (χ1) is 16.6. The molecule has 1 atom stereocenters. The van der Waals surface area contributed by atoms with Crippen LogP contribution < -0.4 is 14.8 Å². The molecule has 3 aromatic carbocycles. The van der Waals surface area contributed by atoms with Gasteiger partial charge in [0.15, 0.2) is 11.5 Å². The summed E-state index contributed by atoms with van der Waals surface area (Å²) in [5.74, 6) is 1.43. The fourth-order valence-electron chi connectivity index (χ4n) is 4.49. The summed E-state index contributed by atoms with van der Waals surface area (Å²) < 4.78 is 13.0. The molecule has 4 aromatic rings. The van der Waals surface area contributed by atoms with Gasteiger partial charge in [0.05, 0.1) is 18.7 Å². The Morgan fingerprint density at radius 2 is 1.97 bits per heavy atom. The van der Waals surface area contributed by atoms with Crippen LogP contribution in [-0.4, -0.2) is 29.4 Å². The summed E-state index contributed by atoms with van der Waals surface area (Å²) in [6, 6.07) is 21.8. The van der Waals surface area contributed by atoms with Crippen LogP contribution in [0, 0.1) is 0 Å². The largest absolute Gasteiger partial charge is 0.493 e. The minimum Gasteiger partial charge on any atom is -0.493 e. The topological polar surface area (TPSA) is 72.7 Å². The van der Waals surface area contributed by atoms with E-state index in [0.717, 1.165) is 40.8 Å². The zero-order valence-electron chi connectivity index (χ0n) is 18.9. The number of fused-ring (bicyclic) bond motifs is 2. The van der Waals surface area contributed by atoms with Crippen LogP contribution in [0.25, 0.3) is 17.0 Å². The van der Waals surface area contributed by atoms with Gasteiger partial charge in [-0.25, -0.2) is 4.79 Å². The van der Waals surface area contributed by atoms with E-state index in [1.54, 1.807) is 13.3 Å². The van der Waals surface area contributed by atoms with Gasteiger partial charge >= 0.3 is 6.09 Å². The average molecular weight is 455 g/mol. The lowest BCUT2D eigenvalue weighted by atomic mass is 9.93. The van der Waals surface area contributed by atoms with Crippen molar-refractivity contribution in [1.82, 2.24) is 9.88 Å². The summed E-state index contributed by atoms with van der Waals surface area (Å²) in [6.45, 7) is 1.31. The standard InChI is InChI=1S/C28H26N2O4/c1-33-25-17-23-22(16-26(25)34-18-19-6-3-2-4-7-19)12-14-29-24(23)11-10-20-8-5-9-21-13-15-30(27(20)21)28(31)32/h2-11,13,15-17,24,29H,12,14,18H2,1H3,(H,31,32). The van der Waals surface area contributed by atoms with Crippen LogP contribution >= 0.6 is 0 Å². The molecule has 5 rings (SSSR count). The monoisotopic (exact) mass is 454 g/mol. The van der Waals surface area contributed by atoms with E-state index in [-0.39, 0.29) is 6.04 Å². The molecule has 1 aliphatic rings. The molecule has 0 bridgehead atoms. The highest BCUT2D eigenvalue weighted by Gasteiger charge is 2.21. The highest BCUT2D eigenvalue weighted by molar-refractivity contribution is 5.94. The van der Waals surface area contributed by atoms with Crippen molar-refractivity contribution in [2.24, 2.45) is 0 Å². The molecule has 0 saturated heterocycles. The molecule has 172 valence electrons. The minimum atomic E-state index is -0.996. The first-order valence-corrected chi connectivity index (χ1v) is 11.3. The van der Waals surface area contributed by atoms with Crippen LogP contribution in [0.2, 0.25) is 0 Å². The van der Waals surface area contributed by atoms with Gasteiger partial charge in [-0.3, -0.25) is 4.57 Å². The van der Waals surface area contributed by atoms with Crippen molar-refractivity contribution in [1.29, 1.82) is 0 Å². The van der Waals surface area contributed by atoms with Gasteiger partial charge in [-0.1, -0.05) is 60.7 Å². The smallest absolute Gasteiger partial charge is 0.416 e. The molecule has 6 nitrogen and oxygen atoms in total. The number of methoxy groups -OCH3 is 1. The van der Waals surface area contributed by atoms with E-state index < -0.39 is 6.09 Å². The second-order valence-corrected chi connectivity index (χ2v) is 8.27. The lowest BCUT2D eigenvalue weighted by Crippen LogP contribution is -2.28. The van der Waals surface area contributed by atoms with Crippen molar-refractivity contribution < 1.29 is 19.4 Å². The lowest BCUT2D eigenvalue weighted by Gasteiger charge is -2.26. The molecule has 0 amide bonds. The molecule has 2 N–H and O–H groups in total. The summed E-state index contributed by atoms with van der Waals surface area (Å²) >= 11 is 0. The zero-order valence-corrected chi connectivity index (χ0v) is 18.9. The Morgan fingerprint density at radius 3 is 2.76 bits per heavy atom. The molecule has 0 aliphatic carbocycles. The van der Waals surface area contributed by atoms with Crippen molar-refractivity contribution >= 4 is 23.1 Å². The van der Waals surface area contributed by atoms with Crippen molar-refractivity contribution in [3.63, 3.8) is 0 Å². The fraction of sp³-hybridized carbons (Fsp3) is 0.179. The number of benzene rings is 3. The molecule has 1 aromatic heterocycles. The Hall–Kier alpha value is -4.03. The molecule has 1 aliphatic heterocycles. The second-order valence-electron chi connectivity index (χ2n) is 8.27. The van der Waals surface area contributed by atoms with Crippen LogP contribution in [0.4, 0.5) is 4.79 Å².